The molecule has 0 radical (unpaired) electrons. The molecule has 6 heteroatoms. The number of carbonyl (C=O) groups is 3. The van der Waals surface area contributed by atoms with Gasteiger partial charge in [-0.25, -0.2) is 0 Å². The SMILES string of the molecule is CC1(CCC(=O)CC(F)(F)F)C(=O)CCCC1=O. The topological polar surface area (TPSA) is 51.2 Å². The molecule has 0 heterocycles. The van der Waals surface area contributed by atoms with Gasteiger partial charge in [0.2, 0.25) is 0 Å². The second-order valence-corrected chi connectivity index (χ2v) is 4.86. The summed E-state index contributed by atoms with van der Waals surface area (Å²) in [6.45, 7) is 1.43. The van der Waals surface area contributed by atoms with Crippen molar-refractivity contribution < 1.29 is 27.6 Å². The Morgan fingerprint density at radius 3 is 2.17 bits per heavy atom. The molecule has 0 saturated heterocycles. The van der Waals surface area contributed by atoms with Crippen LogP contribution in [0.3, 0.4) is 0 Å². The van der Waals surface area contributed by atoms with E-state index in [9.17, 15) is 27.6 Å². The van der Waals surface area contributed by atoms with Crippen molar-refractivity contribution >= 4 is 17.3 Å². The lowest BCUT2D eigenvalue weighted by atomic mass is 9.70. The lowest BCUT2D eigenvalue weighted by Gasteiger charge is -2.30. The van der Waals surface area contributed by atoms with Gasteiger partial charge in [0.1, 0.15) is 23.8 Å². The Balaban J connectivity index is 2.58. The zero-order valence-corrected chi connectivity index (χ0v) is 10.1. The average Bonchev–Trinajstić information content (AvgIpc) is 2.21. The summed E-state index contributed by atoms with van der Waals surface area (Å²) in [5, 5.41) is 0. The fraction of sp³-hybridized carbons (Fsp3) is 0.750. The molecule has 1 rings (SSSR count). The summed E-state index contributed by atoms with van der Waals surface area (Å²) in [4.78, 5) is 34.5. The Morgan fingerprint density at radius 2 is 1.72 bits per heavy atom. The van der Waals surface area contributed by atoms with E-state index in [1.54, 1.807) is 0 Å². The molecule has 1 aliphatic carbocycles. The molecule has 3 nitrogen and oxygen atoms in total. The fourth-order valence-corrected chi connectivity index (χ4v) is 2.10. The van der Waals surface area contributed by atoms with Gasteiger partial charge in [-0.1, -0.05) is 0 Å². The maximum Gasteiger partial charge on any atom is 0.395 e. The van der Waals surface area contributed by atoms with Crippen molar-refractivity contribution in [3.05, 3.63) is 0 Å². The van der Waals surface area contributed by atoms with Crippen LogP contribution < -0.4 is 0 Å². The first-order valence-electron chi connectivity index (χ1n) is 5.80. The van der Waals surface area contributed by atoms with Crippen molar-refractivity contribution in [3.8, 4) is 0 Å². The van der Waals surface area contributed by atoms with Crippen LogP contribution in [0.15, 0.2) is 0 Å². The highest BCUT2D eigenvalue weighted by atomic mass is 19.4. The van der Waals surface area contributed by atoms with Crippen molar-refractivity contribution in [3.63, 3.8) is 0 Å². The molecule has 0 amide bonds. The summed E-state index contributed by atoms with van der Waals surface area (Å²) in [5.41, 5.74) is -1.26. The minimum Gasteiger partial charge on any atom is -0.299 e. The summed E-state index contributed by atoms with van der Waals surface area (Å²) in [5.74, 6) is -1.51. The lowest BCUT2D eigenvalue weighted by molar-refractivity contribution is -0.152. The summed E-state index contributed by atoms with van der Waals surface area (Å²) in [7, 11) is 0. The van der Waals surface area contributed by atoms with E-state index in [0.717, 1.165) is 0 Å². The molecule has 0 aromatic carbocycles. The van der Waals surface area contributed by atoms with Crippen LogP contribution in [0.2, 0.25) is 0 Å². The predicted molar refractivity (Wildman–Crippen MR) is 56.9 cm³/mol. The first kappa shape index (κ1) is 14.9. The highest BCUT2D eigenvalue weighted by molar-refractivity contribution is 6.08. The van der Waals surface area contributed by atoms with E-state index in [2.05, 4.69) is 0 Å². The molecule has 102 valence electrons. The third kappa shape index (κ3) is 3.65. The molecule has 0 unspecified atom stereocenters. The number of rotatable bonds is 4. The summed E-state index contributed by atoms with van der Waals surface area (Å²) in [6.07, 6.45) is -5.51. The molecule has 0 atom stereocenters. The Kier molecular flexibility index (Phi) is 4.29. The lowest BCUT2D eigenvalue weighted by Crippen LogP contribution is -2.40. The first-order chi connectivity index (χ1) is 8.15. The molecule has 0 aromatic heterocycles. The highest BCUT2D eigenvalue weighted by Crippen LogP contribution is 2.34. The van der Waals surface area contributed by atoms with Gasteiger partial charge in [0.25, 0.3) is 0 Å². The largest absolute Gasteiger partial charge is 0.395 e. The van der Waals surface area contributed by atoms with E-state index in [1.807, 2.05) is 0 Å². The van der Waals surface area contributed by atoms with Crippen molar-refractivity contribution in [1.29, 1.82) is 0 Å². The van der Waals surface area contributed by atoms with E-state index in [0.29, 0.717) is 6.42 Å². The van der Waals surface area contributed by atoms with Crippen LogP contribution in [-0.4, -0.2) is 23.5 Å². The third-order valence-electron chi connectivity index (χ3n) is 3.34. The number of halogens is 3. The van der Waals surface area contributed by atoms with Gasteiger partial charge in [-0.05, 0) is 19.8 Å². The molecule has 18 heavy (non-hydrogen) atoms. The molecular formula is C12H15F3O3. The van der Waals surface area contributed by atoms with E-state index >= 15 is 0 Å². The molecule has 1 fully saturated rings. The van der Waals surface area contributed by atoms with Crippen molar-refractivity contribution in [1.82, 2.24) is 0 Å². The number of carbonyl (C=O) groups excluding carboxylic acids is 3. The van der Waals surface area contributed by atoms with Gasteiger partial charge in [-0.3, -0.25) is 14.4 Å². The van der Waals surface area contributed by atoms with Crippen LogP contribution >= 0.6 is 0 Å². The fourth-order valence-electron chi connectivity index (χ4n) is 2.10. The Morgan fingerprint density at radius 1 is 1.22 bits per heavy atom. The van der Waals surface area contributed by atoms with Crippen LogP contribution in [0.4, 0.5) is 13.2 Å². The highest BCUT2D eigenvalue weighted by Gasteiger charge is 2.42. The van der Waals surface area contributed by atoms with Crippen LogP contribution in [0.25, 0.3) is 0 Å². The van der Waals surface area contributed by atoms with Gasteiger partial charge in [0.05, 0.1) is 5.41 Å². The zero-order chi connectivity index (χ0) is 14.0. The van der Waals surface area contributed by atoms with Crippen molar-refractivity contribution in [2.75, 3.05) is 0 Å². The van der Waals surface area contributed by atoms with E-state index in [4.69, 9.17) is 0 Å². The quantitative estimate of drug-likeness (QED) is 0.733. The average molecular weight is 264 g/mol. The molecule has 1 saturated carbocycles. The molecule has 0 N–H and O–H groups in total. The van der Waals surface area contributed by atoms with Gasteiger partial charge < -0.3 is 0 Å². The molecule has 1 aliphatic rings. The second kappa shape index (κ2) is 5.20. The predicted octanol–water partition coefficient (Wildman–Crippen LogP) is 2.62. The molecule has 0 aromatic rings. The first-order valence-corrected chi connectivity index (χ1v) is 5.80. The molecule has 0 aliphatic heterocycles. The third-order valence-corrected chi connectivity index (χ3v) is 3.34. The second-order valence-electron chi connectivity index (χ2n) is 4.86. The summed E-state index contributed by atoms with van der Waals surface area (Å²) in [6, 6.07) is 0. The normalized spacial score (nSPS) is 20.0. The molecule has 0 spiro atoms. The minimum atomic E-state index is -4.53. The van der Waals surface area contributed by atoms with Crippen molar-refractivity contribution in [2.24, 2.45) is 5.41 Å². The summed E-state index contributed by atoms with van der Waals surface area (Å²) >= 11 is 0. The number of alkyl halides is 3. The standard InChI is InChI=1S/C12H15F3O3/c1-11(9(17)3-2-4-10(11)18)6-5-8(16)7-12(13,14)15/h2-7H2,1H3. The summed E-state index contributed by atoms with van der Waals surface area (Å²) < 4.78 is 35.9. The van der Waals surface area contributed by atoms with Crippen molar-refractivity contribution in [2.45, 2.75) is 51.6 Å². The number of hydrogen-bond acceptors (Lipinski definition) is 3. The van der Waals surface area contributed by atoms with Gasteiger partial charge in [-0.2, -0.15) is 13.2 Å². The number of Topliss-reactive ketones (excluding diaryl/α,β-unsaturated/α-hetero) is 3. The molecule has 0 bridgehead atoms. The monoisotopic (exact) mass is 264 g/mol. The van der Waals surface area contributed by atoms with Crippen LogP contribution in [0.1, 0.15) is 45.4 Å². The molecular weight excluding hydrogens is 249 g/mol. The maximum absolute atomic E-state index is 12.0. The zero-order valence-electron chi connectivity index (χ0n) is 10.1. The number of ketones is 3. The van der Waals surface area contributed by atoms with E-state index < -0.39 is 23.8 Å². The van der Waals surface area contributed by atoms with Crippen LogP contribution in [0, 0.1) is 5.41 Å². The maximum atomic E-state index is 12.0. The van der Waals surface area contributed by atoms with E-state index in [-0.39, 0.29) is 37.2 Å². The van der Waals surface area contributed by atoms with Gasteiger partial charge in [0.15, 0.2) is 0 Å². The van der Waals surface area contributed by atoms with Crippen LogP contribution in [-0.2, 0) is 14.4 Å². The minimum absolute atomic E-state index is 0.112. The smallest absolute Gasteiger partial charge is 0.299 e. The Labute approximate surface area is 103 Å². The Hall–Kier alpha value is -1.20. The number of hydrogen-bond donors (Lipinski definition) is 0. The van der Waals surface area contributed by atoms with Gasteiger partial charge >= 0.3 is 6.18 Å². The van der Waals surface area contributed by atoms with Gasteiger partial charge in [0, 0.05) is 19.3 Å². The Bertz CT molecular complexity index is 355. The van der Waals surface area contributed by atoms with E-state index in [1.165, 1.54) is 6.92 Å². The van der Waals surface area contributed by atoms with Gasteiger partial charge in [-0.15, -0.1) is 0 Å². The van der Waals surface area contributed by atoms with Crippen LogP contribution in [0.5, 0.6) is 0 Å².